The van der Waals surface area contributed by atoms with Crippen molar-refractivity contribution < 1.29 is 4.79 Å². The first-order chi connectivity index (χ1) is 18.3. The van der Waals surface area contributed by atoms with E-state index in [4.69, 9.17) is 0 Å². The van der Waals surface area contributed by atoms with Gasteiger partial charge in [0.25, 0.3) is 5.56 Å². The van der Waals surface area contributed by atoms with Crippen molar-refractivity contribution >= 4 is 40.2 Å². The van der Waals surface area contributed by atoms with Gasteiger partial charge in [-0.1, -0.05) is 5.92 Å². The minimum Gasteiger partial charge on any atom is -0.338 e. The minimum atomic E-state index is -0.800. The van der Waals surface area contributed by atoms with Crippen LogP contribution in [0.15, 0.2) is 33.7 Å². The molecule has 4 aromatic rings. The van der Waals surface area contributed by atoms with Crippen LogP contribution in [0.4, 0.5) is 11.8 Å². The van der Waals surface area contributed by atoms with Gasteiger partial charge in [0, 0.05) is 43.0 Å². The second-order valence-corrected chi connectivity index (χ2v) is 10.0. The van der Waals surface area contributed by atoms with Crippen LogP contribution < -0.4 is 21.5 Å². The fourth-order valence-electron chi connectivity index (χ4n) is 4.51. The zero-order chi connectivity index (χ0) is 27.0. The number of hydrogen-bond acceptors (Lipinski definition) is 9. The van der Waals surface area contributed by atoms with Crippen LogP contribution in [0.1, 0.15) is 39.7 Å². The van der Waals surface area contributed by atoms with Gasteiger partial charge in [-0.15, -0.1) is 17.3 Å². The highest BCUT2D eigenvalue weighted by Crippen LogP contribution is 2.27. The van der Waals surface area contributed by atoms with Gasteiger partial charge >= 0.3 is 5.69 Å². The number of nitrogens with zero attached hydrogens (tertiary/aromatic N) is 8. The van der Waals surface area contributed by atoms with E-state index in [2.05, 4.69) is 48.9 Å². The third-order valence-corrected chi connectivity index (χ3v) is 7.61. The highest BCUT2D eigenvalue weighted by Gasteiger charge is 2.24. The SMILES string of the molecule is CC#CCn1c(=O)c2c(ncn2[C@@H](C)C(=O)Nc2csc(-c3cnc(N4CCC[C@@H]4C)nc3)n2)n(C)c1=O. The van der Waals surface area contributed by atoms with Crippen molar-refractivity contribution in [2.75, 3.05) is 16.8 Å². The zero-order valence-corrected chi connectivity index (χ0v) is 22.3. The molecule has 4 aromatic heterocycles. The van der Waals surface area contributed by atoms with E-state index in [9.17, 15) is 14.4 Å². The molecule has 0 aromatic carbocycles. The van der Waals surface area contributed by atoms with Crippen LogP contribution in [-0.2, 0) is 18.4 Å². The molecule has 1 fully saturated rings. The topological polar surface area (TPSA) is 133 Å². The van der Waals surface area contributed by atoms with E-state index in [0.717, 1.165) is 29.5 Å². The van der Waals surface area contributed by atoms with E-state index < -0.39 is 17.3 Å². The van der Waals surface area contributed by atoms with Gasteiger partial charge in [0.2, 0.25) is 11.9 Å². The molecule has 196 valence electrons. The molecular formula is C25H27N9O3S. The molecule has 1 amide bonds. The van der Waals surface area contributed by atoms with Crippen LogP contribution in [0.5, 0.6) is 0 Å². The van der Waals surface area contributed by atoms with Crippen molar-refractivity contribution in [3.8, 4) is 22.4 Å². The van der Waals surface area contributed by atoms with E-state index in [-0.39, 0.29) is 23.6 Å². The Balaban J connectivity index is 1.36. The van der Waals surface area contributed by atoms with Gasteiger partial charge in [-0.05, 0) is 33.6 Å². The number of imidazole rings is 1. The Kier molecular flexibility index (Phi) is 6.81. The van der Waals surface area contributed by atoms with Gasteiger partial charge in [-0.25, -0.2) is 29.3 Å². The third kappa shape index (κ3) is 4.47. The predicted molar refractivity (Wildman–Crippen MR) is 145 cm³/mol. The first kappa shape index (κ1) is 25.3. The van der Waals surface area contributed by atoms with Crippen LogP contribution >= 0.6 is 11.3 Å². The van der Waals surface area contributed by atoms with Crippen molar-refractivity contribution in [1.82, 2.24) is 33.6 Å². The molecule has 0 bridgehead atoms. The van der Waals surface area contributed by atoms with Crippen LogP contribution in [-0.4, -0.2) is 52.1 Å². The summed E-state index contributed by atoms with van der Waals surface area (Å²) in [6.07, 6.45) is 7.15. The van der Waals surface area contributed by atoms with Gasteiger partial charge < -0.3 is 14.8 Å². The van der Waals surface area contributed by atoms with Crippen LogP contribution in [0, 0.1) is 11.8 Å². The second kappa shape index (κ2) is 10.2. The molecule has 0 spiro atoms. The molecule has 1 saturated heterocycles. The molecule has 2 atom stereocenters. The molecule has 1 aliphatic rings. The summed E-state index contributed by atoms with van der Waals surface area (Å²) >= 11 is 1.37. The average Bonchev–Trinajstić information content (AvgIpc) is 3.67. The lowest BCUT2D eigenvalue weighted by Gasteiger charge is -2.20. The third-order valence-electron chi connectivity index (χ3n) is 6.72. The molecule has 1 aliphatic heterocycles. The van der Waals surface area contributed by atoms with E-state index in [0.29, 0.717) is 22.8 Å². The molecule has 1 N–H and O–H groups in total. The van der Waals surface area contributed by atoms with E-state index in [1.807, 2.05) is 0 Å². The van der Waals surface area contributed by atoms with Crippen molar-refractivity contribution in [1.29, 1.82) is 0 Å². The smallest absolute Gasteiger partial charge is 0.333 e. The second-order valence-electron chi connectivity index (χ2n) is 9.14. The van der Waals surface area contributed by atoms with E-state index in [1.54, 1.807) is 31.6 Å². The summed E-state index contributed by atoms with van der Waals surface area (Å²) in [5, 5.41) is 5.22. The molecule has 38 heavy (non-hydrogen) atoms. The molecule has 0 unspecified atom stereocenters. The van der Waals surface area contributed by atoms with Gasteiger partial charge in [0.1, 0.15) is 16.9 Å². The largest absolute Gasteiger partial charge is 0.338 e. The maximum Gasteiger partial charge on any atom is 0.333 e. The number of thiazole rings is 1. The zero-order valence-electron chi connectivity index (χ0n) is 21.5. The number of nitrogens with one attached hydrogen (secondary N) is 1. The summed E-state index contributed by atoms with van der Waals surface area (Å²) < 4.78 is 3.77. The lowest BCUT2D eigenvalue weighted by Crippen LogP contribution is -2.40. The van der Waals surface area contributed by atoms with Crippen molar-refractivity contribution in [3.05, 3.63) is 44.9 Å². The number of carbonyl (C=O) groups excluding carboxylic acids is 1. The first-order valence-corrected chi connectivity index (χ1v) is 13.1. The molecular weight excluding hydrogens is 506 g/mol. The number of anilines is 2. The molecule has 5 heterocycles. The summed E-state index contributed by atoms with van der Waals surface area (Å²) in [5.41, 5.74) is 0.0379. The summed E-state index contributed by atoms with van der Waals surface area (Å²) in [5.74, 6) is 6.13. The Morgan fingerprint density at radius 3 is 2.71 bits per heavy atom. The maximum atomic E-state index is 13.1. The normalized spacial score (nSPS) is 15.9. The van der Waals surface area contributed by atoms with Crippen LogP contribution in [0.25, 0.3) is 21.7 Å². The molecule has 0 aliphatic carbocycles. The number of amides is 1. The van der Waals surface area contributed by atoms with Crippen LogP contribution in [0.3, 0.4) is 0 Å². The highest BCUT2D eigenvalue weighted by atomic mass is 32.1. The maximum absolute atomic E-state index is 13.1. The Hall–Kier alpha value is -4.31. The minimum absolute atomic E-state index is 0.0486. The van der Waals surface area contributed by atoms with Crippen molar-refractivity contribution in [2.45, 2.75) is 52.2 Å². The Morgan fingerprint density at radius 1 is 1.26 bits per heavy atom. The molecule has 13 heteroatoms. The number of hydrogen-bond donors (Lipinski definition) is 1. The lowest BCUT2D eigenvalue weighted by atomic mass is 10.2. The highest BCUT2D eigenvalue weighted by molar-refractivity contribution is 7.13. The van der Waals surface area contributed by atoms with Crippen molar-refractivity contribution in [2.24, 2.45) is 7.05 Å². The summed E-state index contributed by atoms with van der Waals surface area (Å²) in [7, 11) is 1.53. The standard InChI is InChI=1S/C25H27N9O3S/c1-5-6-9-33-23(36)19-20(31(4)25(33)37)28-14-34(19)16(3)21(35)29-18-13-38-22(30-18)17-11-26-24(27-12-17)32-10-7-8-15(32)2/h11-16H,7-10H2,1-4H3,(H,29,35)/t15-,16-/m0/s1. The number of aromatic nitrogens is 7. The number of carbonyl (C=O) groups is 1. The van der Waals surface area contributed by atoms with Crippen molar-refractivity contribution in [3.63, 3.8) is 0 Å². The quantitative estimate of drug-likeness (QED) is 0.372. The predicted octanol–water partition coefficient (Wildman–Crippen LogP) is 2.02. The van der Waals surface area contributed by atoms with Gasteiger partial charge in [-0.2, -0.15) is 0 Å². The van der Waals surface area contributed by atoms with Gasteiger partial charge in [0.05, 0.1) is 12.9 Å². The Labute approximate surface area is 222 Å². The van der Waals surface area contributed by atoms with Gasteiger partial charge in [0.15, 0.2) is 11.2 Å². The Morgan fingerprint density at radius 2 is 2.03 bits per heavy atom. The molecule has 5 rings (SSSR count). The number of fused-ring (bicyclic) bond motifs is 1. The summed E-state index contributed by atoms with van der Waals surface area (Å²) in [6.45, 7) is 6.36. The first-order valence-electron chi connectivity index (χ1n) is 12.2. The molecule has 0 radical (unpaired) electrons. The number of rotatable bonds is 6. The molecule has 12 nitrogen and oxygen atoms in total. The summed E-state index contributed by atoms with van der Waals surface area (Å²) in [6, 6.07) is -0.374. The lowest BCUT2D eigenvalue weighted by molar-refractivity contribution is -0.118. The monoisotopic (exact) mass is 533 g/mol. The average molecular weight is 534 g/mol. The van der Waals surface area contributed by atoms with Crippen LogP contribution in [0.2, 0.25) is 0 Å². The van der Waals surface area contributed by atoms with Gasteiger partial charge in [-0.3, -0.25) is 14.2 Å². The fourth-order valence-corrected chi connectivity index (χ4v) is 5.24. The number of aryl methyl sites for hydroxylation is 1. The Bertz CT molecular complexity index is 1690. The molecule has 0 saturated carbocycles. The summed E-state index contributed by atoms with van der Waals surface area (Å²) in [4.78, 5) is 58.8. The van der Waals surface area contributed by atoms with E-state index in [1.165, 1.54) is 33.8 Å². The van der Waals surface area contributed by atoms with E-state index >= 15 is 0 Å². The fraction of sp³-hybridized carbons (Fsp3) is 0.400.